The van der Waals surface area contributed by atoms with Crippen LogP contribution in [0.3, 0.4) is 0 Å². The Bertz CT molecular complexity index is 658. The van der Waals surface area contributed by atoms with Crippen LogP contribution in [-0.4, -0.2) is 31.0 Å². The normalized spacial score (nSPS) is 13.1. The van der Waals surface area contributed by atoms with Crippen LogP contribution >= 0.6 is 0 Å². The van der Waals surface area contributed by atoms with E-state index in [-0.39, 0.29) is 11.6 Å². The lowest BCUT2D eigenvalue weighted by molar-refractivity contribution is 0.286. The van der Waals surface area contributed by atoms with Crippen LogP contribution in [0.5, 0.6) is 5.75 Å². The van der Waals surface area contributed by atoms with Crippen molar-refractivity contribution in [1.29, 1.82) is 0 Å². The van der Waals surface area contributed by atoms with E-state index in [1.807, 2.05) is 0 Å². The second-order valence-electron chi connectivity index (χ2n) is 4.21. The van der Waals surface area contributed by atoms with Crippen molar-refractivity contribution in [3.8, 4) is 5.75 Å². The summed E-state index contributed by atoms with van der Waals surface area (Å²) >= 11 is 0. The molecule has 0 bridgehead atoms. The van der Waals surface area contributed by atoms with Crippen LogP contribution in [0.2, 0.25) is 0 Å². The molecule has 2 N–H and O–H groups in total. The molecule has 0 unspecified atom stereocenters. The van der Waals surface area contributed by atoms with Gasteiger partial charge in [-0.15, -0.1) is 0 Å². The molecule has 0 amide bonds. The van der Waals surface area contributed by atoms with Gasteiger partial charge in [0.05, 0.1) is 18.6 Å². The van der Waals surface area contributed by atoms with Gasteiger partial charge in [-0.3, -0.25) is 0 Å². The fraction of sp³-hybridized carbons (Fsp3) is 0.250. The molecule has 0 saturated heterocycles. The van der Waals surface area contributed by atoms with Crippen molar-refractivity contribution in [1.82, 2.24) is 14.7 Å². The van der Waals surface area contributed by atoms with E-state index in [0.717, 1.165) is 0 Å². The van der Waals surface area contributed by atoms with Gasteiger partial charge < -0.3 is 9.72 Å². The number of H-pyrrole nitrogens is 1. The quantitative estimate of drug-likeness (QED) is 0.842. The zero-order chi connectivity index (χ0) is 14.6. The van der Waals surface area contributed by atoms with Crippen molar-refractivity contribution in [2.24, 2.45) is 0 Å². The van der Waals surface area contributed by atoms with Crippen molar-refractivity contribution >= 4 is 10.0 Å². The maximum absolute atomic E-state index is 12.9. The SMILES string of the molecule is C[C@H](COc1cccc(F)c1)NS(=O)(=O)c1cnc[nH]1. The number of hydrogen-bond donors (Lipinski definition) is 2. The summed E-state index contributed by atoms with van der Waals surface area (Å²) in [6.07, 6.45) is 2.49. The molecule has 1 aromatic carbocycles. The van der Waals surface area contributed by atoms with E-state index < -0.39 is 21.9 Å². The van der Waals surface area contributed by atoms with Crippen molar-refractivity contribution in [3.05, 3.63) is 42.6 Å². The molecule has 20 heavy (non-hydrogen) atoms. The minimum atomic E-state index is -3.65. The number of halogens is 1. The zero-order valence-corrected chi connectivity index (χ0v) is 11.5. The number of aromatic nitrogens is 2. The van der Waals surface area contributed by atoms with Crippen molar-refractivity contribution < 1.29 is 17.5 Å². The van der Waals surface area contributed by atoms with E-state index in [9.17, 15) is 12.8 Å². The number of nitrogens with zero attached hydrogens (tertiary/aromatic N) is 1. The Morgan fingerprint density at radius 2 is 2.30 bits per heavy atom. The number of ether oxygens (including phenoxy) is 1. The molecule has 2 aromatic rings. The van der Waals surface area contributed by atoms with Gasteiger partial charge >= 0.3 is 0 Å². The number of imidazole rings is 1. The molecule has 0 aliphatic carbocycles. The van der Waals surface area contributed by atoms with Gasteiger partial charge in [0, 0.05) is 6.07 Å². The fourth-order valence-electron chi connectivity index (χ4n) is 1.53. The van der Waals surface area contributed by atoms with Crippen LogP contribution in [0.4, 0.5) is 4.39 Å². The average Bonchev–Trinajstić information content (AvgIpc) is 2.90. The maximum atomic E-state index is 12.9. The molecule has 0 aliphatic rings. The van der Waals surface area contributed by atoms with Gasteiger partial charge in [-0.2, -0.15) is 0 Å². The highest BCUT2D eigenvalue weighted by atomic mass is 32.2. The predicted molar refractivity (Wildman–Crippen MR) is 70.3 cm³/mol. The van der Waals surface area contributed by atoms with E-state index in [2.05, 4.69) is 14.7 Å². The second-order valence-corrected chi connectivity index (χ2v) is 5.89. The highest BCUT2D eigenvalue weighted by Crippen LogP contribution is 2.12. The lowest BCUT2D eigenvalue weighted by atomic mass is 10.3. The summed E-state index contributed by atoms with van der Waals surface area (Å²) in [6, 6.07) is 5.17. The van der Waals surface area contributed by atoms with E-state index in [1.54, 1.807) is 13.0 Å². The lowest BCUT2D eigenvalue weighted by Crippen LogP contribution is -2.36. The highest BCUT2D eigenvalue weighted by Gasteiger charge is 2.18. The minimum Gasteiger partial charge on any atom is -0.492 e. The van der Waals surface area contributed by atoms with E-state index in [0.29, 0.717) is 5.75 Å². The van der Waals surface area contributed by atoms with Crippen LogP contribution in [0, 0.1) is 5.82 Å². The number of hydrogen-bond acceptors (Lipinski definition) is 4. The number of rotatable bonds is 6. The summed E-state index contributed by atoms with van der Waals surface area (Å²) in [4.78, 5) is 6.16. The topological polar surface area (TPSA) is 84.1 Å². The zero-order valence-electron chi connectivity index (χ0n) is 10.7. The molecule has 2 rings (SSSR count). The Labute approximate surface area is 116 Å². The number of aromatic amines is 1. The van der Waals surface area contributed by atoms with Crippen LogP contribution in [0.1, 0.15) is 6.92 Å². The Morgan fingerprint density at radius 1 is 1.50 bits per heavy atom. The third-order valence-electron chi connectivity index (χ3n) is 2.42. The monoisotopic (exact) mass is 299 g/mol. The van der Waals surface area contributed by atoms with Crippen LogP contribution < -0.4 is 9.46 Å². The molecule has 0 radical (unpaired) electrons. The molecule has 0 aliphatic heterocycles. The Balaban J connectivity index is 1.91. The summed E-state index contributed by atoms with van der Waals surface area (Å²) in [5.41, 5.74) is 0. The van der Waals surface area contributed by atoms with E-state index in [1.165, 1.54) is 30.7 Å². The number of nitrogens with one attached hydrogen (secondary N) is 2. The maximum Gasteiger partial charge on any atom is 0.257 e. The van der Waals surface area contributed by atoms with Gasteiger partial charge in [0.1, 0.15) is 18.2 Å². The van der Waals surface area contributed by atoms with Gasteiger partial charge in [0.2, 0.25) is 0 Å². The first kappa shape index (κ1) is 14.5. The third-order valence-corrected chi connectivity index (χ3v) is 3.93. The fourth-order valence-corrected chi connectivity index (χ4v) is 2.66. The molecule has 1 atom stereocenters. The van der Waals surface area contributed by atoms with E-state index in [4.69, 9.17) is 4.74 Å². The molecule has 0 fully saturated rings. The van der Waals surface area contributed by atoms with Gasteiger partial charge in [0.15, 0.2) is 5.03 Å². The molecular weight excluding hydrogens is 285 g/mol. The first-order chi connectivity index (χ1) is 9.47. The van der Waals surface area contributed by atoms with Gasteiger partial charge in [-0.1, -0.05) is 6.07 Å². The summed E-state index contributed by atoms with van der Waals surface area (Å²) in [5.74, 6) is -0.0641. The lowest BCUT2D eigenvalue weighted by Gasteiger charge is -2.14. The van der Waals surface area contributed by atoms with E-state index >= 15 is 0 Å². The smallest absolute Gasteiger partial charge is 0.257 e. The molecule has 108 valence electrons. The Hall–Kier alpha value is -1.93. The van der Waals surface area contributed by atoms with Crippen LogP contribution in [0.15, 0.2) is 41.8 Å². The van der Waals surface area contributed by atoms with Crippen LogP contribution in [-0.2, 0) is 10.0 Å². The van der Waals surface area contributed by atoms with Gasteiger partial charge in [0.25, 0.3) is 10.0 Å². The summed E-state index contributed by atoms with van der Waals surface area (Å²) in [7, 11) is -3.65. The molecule has 0 spiro atoms. The number of benzene rings is 1. The van der Waals surface area contributed by atoms with Crippen molar-refractivity contribution in [2.45, 2.75) is 18.0 Å². The Morgan fingerprint density at radius 3 is 2.95 bits per heavy atom. The van der Waals surface area contributed by atoms with Gasteiger partial charge in [-0.25, -0.2) is 22.5 Å². The summed E-state index contributed by atoms with van der Waals surface area (Å²) < 4.78 is 44.4. The summed E-state index contributed by atoms with van der Waals surface area (Å²) in [5, 5.41) is -0.0184. The first-order valence-electron chi connectivity index (χ1n) is 5.86. The van der Waals surface area contributed by atoms with Crippen LogP contribution in [0.25, 0.3) is 0 Å². The van der Waals surface area contributed by atoms with Crippen molar-refractivity contribution in [3.63, 3.8) is 0 Å². The Kier molecular flexibility index (Phi) is 4.35. The molecule has 6 nitrogen and oxygen atoms in total. The molecule has 1 aromatic heterocycles. The molecule has 8 heteroatoms. The first-order valence-corrected chi connectivity index (χ1v) is 7.35. The predicted octanol–water partition coefficient (Wildman–Crippen LogP) is 1.29. The number of sulfonamides is 1. The molecular formula is C12H14FN3O3S. The van der Waals surface area contributed by atoms with Crippen molar-refractivity contribution in [2.75, 3.05) is 6.61 Å². The average molecular weight is 299 g/mol. The van der Waals surface area contributed by atoms with Gasteiger partial charge in [-0.05, 0) is 19.1 Å². The minimum absolute atomic E-state index is 0.0184. The summed E-state index contributed by atoms with van der Waals surface area (Å²) in [6.45, 7) is 1.73. The standard InChI is InChI=1S/C12H14FN3O3S/c1-9(7-19-11-4-2-3-10(13)5-11)16-20(17,18)12-6-14-8-15-12/h2-6,8-9,16H,7H2,1H3,(H,14,15)/t9-/m1/s1. The third kappa shape index (κ3) is 3.78. The molecule has 1 heterocycles. The second kappa shape index (κ2) is 6.02. The molecule has 0 saturated carbocycles. The highest BCUT2D eigenvalue weighted by molar-refractivity contribution is 7.89. The largest absolute Gasteiger partial charge is 0.492 e.